The molecule has 2 aromatic carbocycles. The van der Waals surface area contributed by atoms with E-state index < -0.39 is 5.97 Å². The van der Waals surface area contributed by atoms with Crippen LogP contribution in [0.5, 0.6) is 11.5 Å². The van der Waals surface area contributed by atoms with Crippen LogP contribution in [0.3, 0.4) is 0 Å². The summed E-state index contributed by atoms with van der Waals surface area (Å²) in [6, 6.07) is 13.1. The minimum Gasteiger partial charge on any atom is -0.493 e. The lowest BCUT2D eigenvalue weighted by molar-refractivity contribution is -0.149. The summed E-state index contributed by atoms with van der Waals surface area (Å²) < 4.78 is 16.7. The summed E-state index contributed by atoms with van der Waals surface area (Å²) in [5, 5.41) is 2.91. The number of nitrogens with one attached hydrogen (secondary N) is 1. The van der Waals surface area contributed by atoms with Gasteiger partial charge in [0.2, 0.25) is 5.91 Å². The Morgan fingerprint density at radius 3 is 2.61 bits per heavy atom. The molecule has 2 amide bonds. The van der Waals surface area contributed by atoms with Crippen LogP contribution in [-0.4, -0.2) is 55.1 Å². The number of hydrogen-bond donors (Lipinski definition) is 1. The molecular weight excluding hydrogens is 460 g/mol. The first-order valence-electron chi connectivity index (χ1n) is 12.4. The molecule has 1 fully saturated rings. The maximum Gasteiger partial charge on any atom is 0.331 e. The number of fused-ring (bicyclic) bond motifs is 1. The third kappa shape index (κ3) is 6.44. The lowest BCUT2D eigenvalue weighted by Crippen LogP contribution is -2.43. The zero-order valence-electron chi connectivity index (χ0n) is 20.7. The van der Waals surface area contributed by atoms with Gasteiger partial charge in [-0.1, -0.05) is 18.2 Å². The summed E-state index contributed by atoms with van der Waals surface area (Å²) in [6.45, 7) is 4.96. The highest BCUT2D eigenvalue weighted by molar-refractivity contribution is 5.93. The standard InChI is InChI=1S/C28H32N2O6/c1-3-34-24-17-22-15-19(2)36-25(22)16-21(24)9-10-27(32)35-18-26(31)30-13-11-20(12-14-30)28(33)29-23-7-5-4-6-8-23/h4-10,16-17,19-20H,3,11-15,18H2,1-2H3,(H,29,33)/b10-9+. The van der Waals surface area contributed by atoms with E-state index in [0.717, 1.165) is 23.4 Å². The molecule has 4 rings (SSSR count). The van der Waals surface area contributed by atoms with Gasteiger partial charge in [0.25, 0.3) is 5.91 Å². The van der Waals surface area contributed by atoms with Crippen molar-refractivity contribution in [2.75, 3.05) is 31.6 Å². The van der Waals surface area contributed by atoms with E-state index in [2.05, 4.69) is 5.32 Å². The van der Waals surface area contributed by atoms with Crippen molar-refractivity contribution in [2.45, 2.75) is 39.2 Å². The van der Waals surface area contributed by atoms with Crippen LogP contribution in [0.1, 0.15) is 37.8 Å². The van der Waals surface area contributed by atoms with Crippen molar-refractivity contribution in [1.29, 1.82) is 0 Å². The summed E-state index contributed by atoms with van der Waals surface area (Å²) in [7, 11) is 0. The van der Waals surface area contributed by atoms with Crippen LogP contribution in [0.2, 0.25) is 0 Å². The van der Waals surface area contributed by atoms with Gasteiger partial charge in [-0.25, -0.2) is 4.79 Å². The first-order chi connectivity index (χ1) is 17.4. The lowest BCUT2D eigenvalue weighted by atomic mass is 9.95. The van der Waals surface area contributed by atoms with E-state index in [1.165, 1.54) is 6.08 Å². The number of likely N-dealkylation sites (tertiary alicyclic amines) is 1. The summed E-state index contributed by atoms with van der Waals surface area (Å²) in [5.41, 5.74) is 2.55. The average Bonchev–Trinajstić information content (AvgIpc) is 3.25. The first-order valence-corrected chi connectivity index (χ1v) is 12.4. The van der Waals surface area contributed by atoms with Crippen LogP contribution in [0, 0.1) is 5.92 Å². The number of piperidine rings is 1. The van der Waals surface area contributed by atoms with Crippen molar-refractivity contribution in [2.24, 2.45) is 5.92 Å². The van der Waals surface area contributed by atoms with E-state index in [-0.39, 0.29) is 30.4 Å². The zero-order valence-corrected chi connectivity index (χ0v) is 20.7. The van der Waals surface area contributed by atoms with E-state index in [1.54, 1.807) is 11.0 Å². The van der Waals surface area contributed by atoms with Crippen LogP contribution in [0.25, 0.3) is 6.08 Å². The molecule has 2 aliphatic heterocycles. The molecule has 0 spiro atoms. The molecule has 2 aromatic rings. The van der Waals surface area contributed by atoms with E-state index in [4.69, 9.17) is 14.2 Å². The normalized spacial score (nSPS) is 17.4. The molecule has 1 saturated heterocycles. The molecule has 1 unspecified atom stereocenters. The second-order valence-corrected chi connectivity index (χ2v) is 9.01. The number of benzene rings is 2. The van der Waals surface area contributed by atoms with Crippen molar-refractivity contribution in [3.05, 3.63) is 59.7 Å². The van der Waals surface area contributed by atoms with Gasteiger partial charge in [-0.05, 0) is 57.0 Å². The highest BCUT2D eigenvalue weighted by Crippen LogP contribution is 2.35. The Bertz CT molecular complexity index is 1120. The average molecular weight is 493 g/mol. The van der Waals surface area contributed by atoms with Crippen molar-refractivity contribution in [3.8, 4) is 11.5 Å². The number of hydrogen-bond acceptors (Lipinski definition) is 6. The molecule has 0 aromatic heterocycles. The molecule has 1 atom stereocenters. The third-order valence-electron chi connectivity index (χ3n) is 6.32. The Morgan fingerprint density at radius 2 is 1.89 bits per heavy atom. The number of amides is 2. The minimum absolute atomic E-state index is 0.0392. The fraction of sp³-hybridized carbons (Fsp3) is 0.393. The second-order valence-electron chi connectivity index (χ2n) is 9.01. The highest BCUT2D eigenvalue weighted by Gasteiger charge is 2.28. The predicted octanol–water partition coefficient (Wildman–Crippen LogP) is 3.84. The number of carbonyl (C=O) groups excluding carboxylic acids is 3. The van der Waals surface area contributed by atoms with Crippen LogP contribution >= 0.6 is 0 Å². The van der Waals surface area contributed by atoms with Gasteiger partial charge in [0, 0.05) is 48.3 Å². The van der Waals surface area contributed by atoms with Gasteiger partial charge in [-0.3, -0.25) is 9.59 Å². The number of carbonyl (C=O) groups is 3. The van der Waals surface area contributed by atoms with Crippen LogP contribution in [-0.2, 0) is 25.5 Å². The molecule has 8 nitrogen and oxygen atoms in total. The number of esters is 1. The van der Waals surface area contributed by atoms with Crippen LogP contribution < -0.4 is 14.8 Å². The molecule has 0 bridgehead atoms. The summed E-state index contributed by atoms with van der Waals surface area (Å²) in [5.74, 6) is 0.385. The van der Waals surface area contributed by atoms with E-state index in [1.807, 2.05) is 56.3 Å². The molecular formula is C28H32N2O6. The molecule has 2 aliphatic rings. The topological polar surface area (TPSA) is 94.2 Å². The number of rotatable bonds is 8. The number of anilines is 1. The zero-order chi connectivity index (χ0) is 25.5. The fourth-order valence-electron chi connectivity index (χ4n) is 4.45. The lowest BCUT2D eigenvalue weighted by Gasteiger charge is -2.31. The van der Waals surface area contributed by atoms with Gasteiger partial charge >= 0.3 is 5.97 Å². The van der Waals surface area contributed by atoms with Crippen molar-refractivity contribution in [1.82, 2.24) is 4.90 Å². The van der Waals surface area contributed by atoms with E-state index in [9.17, 15) is 14.4 Å². The van der Waals surface area contributed by atoms with Gasteiger partial charge in [0.1, 0.15) is 17.6 Å². The van der Waals surface area contributed by atoms with Gasteiger partial charge < -0.3 is 24.4 Å². The maximum absolute atomic E-state index is 12.5. The smallest absolute Gasteiger partial charge is 0.331 e. The molecule has 1 N–H and O–H groups in total. The highest BCUT2D eigenvalue weighted by atomic mass is 16.5. The molecule has 0 aliphatic carbocycles. The van der Waals surface area contributed by atoms with Gasteiger partial charge in [-0.15, -0.1) is 0 Å². The van der Waals surface area contributed by atoms with Crippen molar-refractivity contribution >= 4 is 29.5 Å². The summed E-state index contributed by atoms with van der Waals surface area (Å²) in [6.07, 6.45) is 4.96. The Balaban J connectivity index is 1.24. The largest absolute Gasteiger partial charge is 0.493 e. The Labute approximate surface area is 211 Å². The second kappa shape index (κ2) is 11.7. The molecule has 0 saturated carbocycles. The summed E-state index contributed by atoms with van der Waals surface area (Å²) in [4.78, 5) is 38.9. The fourth-order valence-corrected chi connectivity index (χ4v) is 4.45. The molecule has 0 radical (unpaired) electrons. The van der Waals surface area contributed by atoms with Gasteiger partial charge in [0.15, 0.2) is 6.61 Å². The first kappa shape index (κ1) is 25.3. The van der Waals surface area contributed by atoms with Crippen LogP contribution in [0.15, 0.2) is 48.5 Å². The number of ether oxygens (including phenoxy) is 3. The molecule has 8 heteroatoms. The minimum atomic E-state index is -0.613. The van der Waals surface area contributed by atoms with Crippen LogP contribution in [0.4, 0.5) is 5.69 Å². The molecule has 190 valence electrons. The van der Waals surface area contributed by atoms with Crippen molar-refractivity contribution < 1.29 is 28.6 Å². The van der Waals surface area contributed by atoms with E-state index >= 15 is 0 Å². The molecule has 36 heavy (non-hydrogen) atoms. The van der Waals surface area contributed by atoms with E-state index in [0.29, 0.717) is 43.9 Å². The number of para-hydroxylation sites is 1. The Hall–Kier alpha value is -3.81. The van der Waals surface area contributed by atoms with Gasteiger partial charge in [0.05, 0.1) is 6.61 Å². The van der Waals surface area contributed by atoms with Crippen molar-refractivity contribution in [3.63, 3.8) is 0 Å². The Morgan fingerprint density at radius 1 is 1.14 bits per heavy atom. The van der Waals surface area contributed by atoms with Gasteiger partial charge in [-0.2, -0.15) is 0 Å². The number of nitrogens with zero attached hydrogens (tertiary/aromatic N) is 1. The predicted molar refractivity (Wildman–Crippen MR) is 136 cm³/mol. The summed E-state index contributed by atoms with van der Waals surface area (Å²) >= 11 is 0. The molecule has 2 heterocycles. The SMILES string of the molecule is CCOc1cc2c(cc1/C=C/C(=O)OCC(=O)N1CCC(C(=O)Nc3ccccc3)CC1)OC(C)C2. The monoisotopic (exact) mass is 492 g/mol. The third-order valence-corrected chi connectivity index (χ3v) is 6.32. The Kier molecular flexibility index (Phi) is 8.25. The quantitative estimate of drug-likeness (QED) is 0.445. The maximum atomic E-state index is 12.5.